The fourth-order valence-electron chi connectivity index (χ4n) is 1.39. The van der Waals surface area contributed by atoms with E-state index in [1.165, 1.54) is 5.56 Å². The molecular weight excluding hydrogens is 168 g/mol. The Bertz CT molecular complexity index is 349. The largest absolute Gasteiger partial charge is 0.372 e. The molecule has 2 rings (SSSR count). The number of ether oxygens (including phenoxy) is 1. The molecule has 0 unspecified atom stereocenters. The van der Waals surface area contributed by atoms with Crippen molar-refractivity contribution in [2.45, 2.75) is 13.2 Å². The maximum Gasteiger partial charge on any atom is 0.316 e. The lowest BCUT2D eigenvalue weighted by Crippen LogP contribution is -2.19. The quantitative estimate of drug-likeness (QED) is 0.678. The molecule has 0 saturated heterocycles. The van der Waals surface area contributed by atoms with Crippen LogP contribution in [0.5, 0.6) is 0 Å². The number of urea groups is 1. The molecule has 1 aliphatic rings. The summed E-state index contributed by atoms with van der Waals surface area (Å²) in [5.74, 6) is 0. The number of amides is 2. The first kappa shape index (κ1) is 8.07. The second-order valence-corrected chi connectivity index (χ2v) is 2.97. The van der Waals surface area contributed by atoms with Crippen molar-refractivity contribution >= 4 is 11.7 Å². The summed E-state index contributed by atoms with van der Waals surface area (Å²) >= 11 is 0. The zero-order valence-corrected chi connectivity index (χ0v) is 7.04. The van der Waals surface area contributed by atoms with Crippen molar-refractivity contribution in [2.24, 2.45) is 5.73 Å². The van der Waals surface area contributed by atoms with Crippen molar-refractivity contribution in [3.8, 4) is 0 Å². The zero-order chi connectivity index (χ0) is 9.26. The van der Waals surface area contributed by atoms with E-state index in [4.69, 9.17) is 10.5 Å². The fraction of sp³-hybridized carbons (Fsp3) is 0.222. The van der Waals surface area contributed by atoms with Crippen LogP contribution in [0.15, 0.2) is 18.2 Å². The number of carbonyl (C=O) groups is 1. The molecule has 0 saturated carbocycles. The Hall–Kier alpha value is -1.55. The van der Waals surface area contributed by atoms with Crippen molar-refractivity contribution < 1.29 is 9.53 Å². The standard InChI is InChI=1S/C9H10N2O2/c10-9(12)11-8-2-1-6-4-13-5-7(6)3-8/h1-3H,4-5H2,(H3,10,11,12). The summed E-state index contributed by atoms with van der Waals surface area (Å²) in [6.45, 7) is 1.27. The van der Waals surface area contributed by atoms with Gasteiger partial charge in [-0.2, -0.15) is 0 Å². The number of nitrogens with one attached hydrogen (secondary N) is 1. The maximum atomic E-state index is 10.5. The van der Waals surface area contributed by atoms with Crippen molar-refractivity contribution in [1.29, 1.82) is 0 Å². The zero-order valence-electron chi connectivity index (χ0n) is 7.04. The summed E-state index contributed by atoms with van der Waals surface area (Å²) in [6.07, 6.45) is 0. The second-order valence-electron chi connectivity index (χ2n) is 2.97. The highest BCUT2D eigenvalue weighted by Gasteiger charge is 2.11. The lowest BCUT2D eigenvalue weighted by atomic mass is 10.1. The van der Waals surface area contributed by atoms with E-state index in [1.807, 2.05) is 18.2 Å². The van der Waals surface area contributed by atoms with Crippen molar-refractivity contribution in [3.05, 3.63) is 29.3 Å². The average molecular weight is 178 g/mol. The van der Waals surface area contributed by atoms with E-state index >= 15 is 0 Å². The summed E-state index contributed by atoms with van der Waals surface area (Å²) < 4.78 is 5.23. The third-order valence-corrected chi connectivity index (χ3v) is 1.99. The number of primary amides is 1. The summed E-state index contributed by atoms with van der Waals surface area (Å²) in [7, 11) is 0. The van der Waals surface area contributed by atoms with Crippen LogP contribution in [0.2, 0.25) is 0 Å². The summed E-state index contributed by atoms with van der Waals surface area (Å²) in [5, 5.41) is 2.52. The van der Waals surface area contributed by atoms with Gasteiger partial charge in [-0.05, 0) is 23.3 Å². The number of anilines is 1. The molecule has 1 aromatic rings. The van der Waals surface area contributed by atoms with Crippen molar-refractivity contribution in [2.75, 3.05) is 5.32 Å². The van der Waals surface area contributed by atoms with Gasteiger partial charge in [0.05, 0.1) is 13.2 Å². The highest BCUT2D eigenvalue weighted by molar-refractivity contribution is 5.87. The Balaban J connectivity index is 2.25. The van der Waals surface area contributed by atoms with Gasteiger partial charge in [0.15, 0.2) is 0 Å². The monoisotopic (exact) mass is 178 g/mol. The molecule has 3 N–H and O–H groups in total. The molecule has 1 aromatic carbocycles. The number of nitrogens with two attached hydrogens (primary N) is 1. The van der Waals surface area contributed by atoms with Crippen LogP contribution in [-0.4, -0.2) is 6.03 Å². The third kappa shape index (κ3) is 1.62. The predicted octanol–water partition coefficient (Wildman–Crippen LogP) is 1.21. The first-order valence-electron chi connectivity index (χ1n) is 4.02. The van der Waals surface area contributed by atoms with E-state index in [0.717, 1.165) is 11.3 Å². The molecule has 1 heterocycles. The lowest BCUT2D eigenvalue weighted by Gasteiger charge is -2.03. The summed E-state index contributed by atoms with van der Waals surface area (Å²) in [5.41, 5.74) is 8.00. The van der Waals surface area contributed by atoms with Crippen LogP contribution >= 0.6 is 0 Å². The number of benzene rings is 1. The molecule has 0 aromatic heterocycles. The van der Waals surface area contributed by atoms with Gasteiger partial charge in [0.2, 0.25) is 0 Å². The van der Waals surface area contributed by atoms with Gasteiger partial charge in [-0.1, -0.05) is 6.07 Å². The number of rotatable bonds is 1. The lowest BCUT2D eigenvalue weighted by molar-refractivity contribution is 0.134. The van der Waals surface area contributed by atoms with Crippen molar-refractivity contribution in [3.63, 3.8) is 0 Å². The molecule has 68 valence electrons. The molecule has 2 amide bonds. The van der Waals surface area contributed by atoms with Crippen LogP contribution in [0, 0.1) is 0 Å². The molecule has 0 atom stereocenters. The summed E-state index contributed by atoms with van der Waals surface area (Å²) in [4.78, 5) is 10.5. The van der Waals surface area contributed by atoms with Gasteiger partial charge in [-0.25, -0.2) is 4.79 Å². The Morgan fingerprint density at radius 3 is 2.92 bits per heavy atom. The van der Waals surface area contributed by atoms with Crippen LogP contribution in [0.1, 0.15) is 11.1 Å². The van der Waals surface area contributed by atoms with Gasteiger partial charge in [0.25, 0.3) is 0 Å². The minimum Gasteiger partial charge on any atom is -0.372 e. The first-order valence-corrected chi connectivity index (χ1v) is 4.02. The van der Waals surface area contributed by atoms with Gasteiger partial charge in [0, 0.05) is 5.69 Å². The van der Waals surface area contributed by atoms with E-state index in [1.54, 1.807) is 0 Å². The van der Waals surface area contributed by atoms with Crippen LogP contribution in [0.4, 0.5) is 10.5 Å². The van der Waals surface area contributed by atoms with Gasteiger partial charge < -0.3 is 15.8 Å². The number of hydrogen-bond acceptors (Lipinski definition) is 2. The first-order chi connectivity index (χ1) is 6.25. The highest BCUT2D eigenvalue weighted by atomic mass is 16.5. The molecule has 4 heteroatoms. The Morgan fingerprint density at radius 1 is 1.38 bits per heavy atom. The molecular formula is C9H10N2O2. The molecule has 13 heavy (non-hydrogen) atoms. The van der Waals surface area contributed by atoms with E-state index < -0.39 is 6.03 Å². The minimum atomic E-state index is -0.543. The smallest absolute Gasteiger partial charge is 0.316 e. The van der Waals surface area contributed by atoms with Gasteiger partial charge >= 0.3 is 6.03 Å². The van der Waals surface area contributed by atoms with E-state index in [9.17, 15) is 4.79 Å². The predicted molar refractivity (Wildman–Crippen MR) is 48.1 cm³/mol. The average Bonchev–Trinajstić information content (AvgIpc) is 2.49. The van der Waals surface area contributed by atoms with Gasteiger partial charge in [-0.15, -0.1) is 0 Å². The molecule has 0 bridgehead atoms. The second kappa shape index (κ2) is 3.06. The van der Waals surface area contributed by atoms with E-state index in [-0.39, 0.29) is 0 Å². The molecule has 0 radical (unpaired) electrons. The molecule has 0 fully saturated rings. The Kier molecular flexibility index (Phi) is 1.90. The summed E-state index contributed by atoms with van der Waals surface area (Å²) in [6, 6.07) is 5.10. The van der Waals surface area contributed by atoms with Crippen molar-refractivity contribution in [1.82, 2.24) is 0 Å². The minimum absolute atomic E-state index is 0.543. The Morgan fingerprint density at radius 2 is 2.15 bits per heavy atom. The fourth-order valence-corrected chi connectivity index (χ4v) is 1.39. The SMILES string of the molecule is NC(=O)Nc1ccc2c(c1)COC2. The number of hydrogen-bond donors (Lipinski definition) is 2. The van der Waals surface area contributed by atoms with Gasteiger partial charge in [-0.3, -0.25) is 0 Å². The highest BCUT2D eigenvalue weighted by Crippen LogP contribution is 2.22. The molecule has 0 spiro atoms. The molecule has 4 nitrogen and oxygen atoms in total. The maximum absolute atomic E-state index is 10.5. The van der Waals surface area contributed by atoms with E-state index in [0.29, 0.717) is 13.2 Å². The van der Waals surface area contributed by atoms with E-state index in [2.05, 4.69) is 5.32 Å². The van der Waals surface area contributed by atoms with Gasteiger partial charge in [0.1, 0.15) is 0 Å². The molecule has 0 aliphatic carbocycles. The van der Waals surface area contributed by atoms with Crippen LogP contribution in [-0.2, 0) is 18.0 Å². The van der Waals surface area contributed by atoms with Crippen LogP contribution in [0.3, 0.4) is 0 Å². The number of carbonyl (C=O) groups excluding carboxylic acids is 1. The molecule has 1 aliphatic heterocycles. The normalized spacial score (nSPS) is 13.8. The van der Waals surface area contributed by atoms with Crippen LogP contribution < -0.4 is 11.1 Å². The van der Waals surface area contributed by atoms with Crippen LogP contribution in [0.25, 0.3) is 0 Å². The topological polar surface area (TPSA) is 64.4 Å². The Labute approximate surface area is 75.7 Å². The third-order valence-electron chi connectivity index (χ3n) is 1.99. The number of fused-ring (bicyclic) bond motifs is 1.